The van der Waals surface area contributed by atoms with Gasteiger partial charge >= 0.3 is 0 Å². The molecule has 0 spiro atoms. The van der Waals surface area contributed by atoms with Crippen molar-refractivity contribution in [2.75, 3.05) is 23.8 Å². The highest BCUT2D eigenvalue weighted by Gasteiger charge is 2.30. The molecule has 3 nitrogen and oxygen atoms in total. The van der Waals surface area contributed by atoms with Crippen LogP contribution in [0.1, 0.15) is 24.0 Å². The third-order valence-corrected chi connectivity index (χ3v) is 4.19. The van der Waals surface area contributed by atoms with Gasteiger partial charge in [0.25, 0.3) is 0 Å². The Hall–Kier alpha value is -2.29. The molecule has 1 N–H and O–H groups in total. The lowest BCUT2D eigenvalue weighted by Crippen LogP contribution is -2.32. The van der Waals surface area contributed by atoms with E-state index in [1.165, 1.54) is 5.56 Å². The van der Waals surface area contributed by atoms with E-state index in [0.717, 1.165) is 23.4 Å². The van der Waals surface area contributed by atoms with Crippen molar-refractivity contribution in [1.82, 2.24) is 0 Å². The molecule has 0 bridgehead atoms. The zero-order valence-electron chi connectivity index (χ0n) is 12.5. The lowest BCUT2D eigenvalue weighted by Gasteiger charge is -2.21. The van der Waals surface area contributed by atoms with Crippen molar-refractivity contribution in [1.29, 1.82) is 0 Å². The van der Waals surface area contributed by atoms with Crippen LogP contribution in [0.5, 0.6) is 0 Å². The number of carbonyl (C=O) groups is 1. The molecule has 1 aliphatic rings. The van der Waals surface area contributed by atoms with Crippen molar-refractivity contribution >= 4 is 17.3 Å². The van der Waals surface area contributed by atoms with Crippen molar-refractivity contribution in [3.05, 3.63) is 59.7 Å². The number of fused-ring (bicyclic) bond motifs is 1. The number of hydrogen-bond acceptors (Lipinski definition) is 2. The summed E-state index contributed by atoms with van der Waals surface area (Å²) in [7, 11) is 1.85. The quantitative estimate of drug-likeness (QED) is 0.934. The van der Waals surface area contributed by atoms with Gasteiger partial charge in [-0.05, 0) is 35.7 Å². The van der Waals surface area contributed by atoms with Crippen molar-refractivity contribution in [3.63, 3.8) is 0 Å². The Morgan fingerprint density at radius 1 is 1.19 bits per heavy atom. The summed E-state index contributed by atoms with van der Waals surface area (Å²) < 4.78 is 0. The van der Waals surface area contributed by atoms with Gasteiger partial charge in [0.15, 0.2) is 0 Å². The van der Waals surface area contributed by atoms with E-state index in [9.17, 15) is 4.79 Å². The maximum atomic E-state index is 12.7. The second kappa shape index (κ2) is 5.60. The fourth-order valence-corrected chi connectivity index (χ4v) is 2.82. The molecule has 1 amide bonds. The predicted molar refractivity (Wildman–Crippen MR) is 86.9 cm³/mol. The van der Waals surface area contributed by atoms with Gasteiger partial charge in [-0.1, -0.05) is 37.3 Å². The summed E-state index contributed by atoms with van der Waals surface area (Å²) in [5, 5.41) is 3.31. The first-order valence-electron chi connectivity index (χ1n) is 7.40. The molecule has 0 saturated heterocycles. The van der Waals surface area contributed by atoms with E-state index in [1.54, 1.807) is 4.90 Å². The second-order valence-electron chi connectivity index (χ2n) is 5.44. The minimum atomic E-state index is -0.1000. The van der Waals surface area contributed by atoms with Gasteiger partial charge in [0.2, 0.25) is 5.91 Å². The topological polar surface area (TPSA) is 32.3 Å². The van der Waals surface area contributed by atoms with Gasteiger partial charge in [0, 0.05) is 25.0 Å². The predicted octanol–water partition coefficient (Wildman–Crippen LogP) is 3.42. The van der Waals surface area contributed by atoms with Gasteiger partial charge in [-0.15, -0.1) is 0 Å². The summed E-state index contributed by atoms with van der Waals surface area (Å²) in [5.74, 6) is 0.0359. The Balaban J connectivity index is 1.82. The Kier molecular flexibility index (Phi) is 3.65. The van der Waals surface area contributed by atoms with Crippen LogP contribution < -0.4 is 10.2 Å². The average molecular weight is 280 g/mol. The lowest BCUT2D eigenvalue weighted by atomic mass is 9.99. The SMILES string of the molecule is CCc1ccc(N(C)C(=O)C2CNc3ccccc32)cc1. The number of anilines is 2. The second-order valence-corrected chi connectivity index (χ2v) is 5.44. The first-order chi connectivity index (χ1) is 10.2. The Labute approximate surface area is 125 Å². The van der Waals surface area contributed by atoms with Gasteiger partial charge in [-0.2, -0.15) is 0 Å². The number of para-hydroxylation sites is 1. The largest absolute Gasteiger partial charge is 0.384 e. The summed E-state index contributed by atoms with van der Waals surface area (Å²) >= 11 is 0. The summed E-state index contributed by atoms with van der Waals surface area (Å²) in [4.78, 5) is 14.5. The number of aryl methyl sites for hydroxylation is 1. The van der Waals surface area contributed by atoms with Crippen molar-refractivity contribution in [2.45, 2.75) is 19.3 Å². The van der Waals surface area contributed by atoms with Crippen LogP contribution in [0.3, 0.4) is 0 Å². The number of rotatable bonds is 3. The first kappa shape index (κ1) is 13.7. The van der Waals surface area contributed by atoms with Crippen LogP contribution in [0.2, 0.25) is 0 Å². The molecule has 2 aromatic rings. The summed E-state index contributed by atoms with van der Waals surface area (Å²) in [6, 6.07) is 16.2. The zero-order chi connectivity index (χ0) is 14.8. The maximum Gasteiger partial charge on any atom is 0.236 e. The molecule has 0 aromatic heterocycles. The van der Waals surface area contributed by atoms with Gasteiger partial charge < -0.3 is 10.2 Å². The first-order valence-corrected chi connectivity index (χ1v) is 7.40. The molecule has 0 fully saturated rings. The number of benzene rings is 2. The normalized spacial score (nSPS) is 16.2. The van der Waals surface area contributed by atoms with Crippen LogP contribution >= 0.6 is 0 Å². The smallest absolute Gasteiger partial charge is 0.236 e. The van der Waals surface area contributed by atoms with Crippen molar-refractivity contribution in [3.8, 4) is 0 Å². The number of hydrogen-bond donors (Lipinski definition) is 1. The van der Waals surface area contributed by atoms with Crippen LogP contribution in [0.25, 0.3) is 0 Å². The Morgan fingerprint density at radius 2 is 1.90 bits per heavy atom. The lowest BCUT2D eigenvalue weighted by molar-refractivity contribution is -0.119. The Bertz CT molecular complexity index is 649. The molecule has 0 saturated carbocycles. The molecular formula is C18H20N2O. The van der Waals surface area contributed by atoms with E-state index < -0.39 is 0 Å². The van der Waals surface area contributed by atoms with Gasteiger partial charge in [-0.3, -0.25) is 4.79 Å². The van der Waals surface area contributed by atoms with E-state index >= 15 is 0 Å². The molecule has 1 aliphatic heterocycles. The van der Waals surface area contributed by atoms with Crippen LogP contribution in [0, 0.1) is 0 Å². The number of carbonyl (C=O) groups excluding carboxylic acids is 1. The maximum absolute atomic E-state index is 12.7. The third kappa shape index (κ3) is 2.51. The standard InChI is InChI=1S/C18H20N2O/c1-3-13-8-10-14(11-9-13)20(2)18(21)16-12-19-17-7-5-4-6-15(16)17/h4-11,16,19H,3,12H2,1-2H3. The molecule has 21 heavy (non-hydrogen) atoms. The molecule has 1 atom stereocenters. The highest BCUT2D eigenvalue weighted by Crippen LogP contribution is 2.33. The highest BCUT2D eigenvalue weighted by molar-refractivity contribution is 5.99. The number of nitrogens with one attached hydrogen (secondary N) is 1. The van der Waals surface area contributed by atoms with Crippen LogP contribution in [0.4, 0.5) is 11.4 Å². The molecule has 108 valence electrons. The molecule has 1 heterocycles. The van der Waals surface area contributed by atoms with Crippen molar-refractivity contribution < 1.29 is 4.79 Å². The molecular weight excluding hydrogens is 260 g/mol. The van der Waals surface area contributed by atoms with Crippen molar-refractivity contribution in [2.24, 2.45) is 0 Å². The van der Waals surface area contributed by atoms with Gasteiger partial charge in [0.05, 0.1) is 5.92 Å². The molecule has 2 aromatic carbocycles. The summed E-state index contributed by atoms with van der Waals surface area (Å²) in [6.07, 6.45) is 1.01. The number of amides is 1. The van der Waals surface area contributed by atoms with E-state index in [4.69, 9.17) is 0 Å². The number of nitrogens with zero attached hydrogens (tertiary/aromatic N) is 1. The third-order valence-electron chi connectivity index (χ3n) is 4.19. The Morgan fingerprint density at radius 3 is 2.62 bits per heavy atom. The molecule has 0 radical (unpaired) electrons. The fraction of sp³-hybridized carbons (Fsp3) is 0.278. The van der Waals surface area contributed by atoms with Crippen LogP contribution in [0.15, 0.2) is 48.5 Å². The molecule has 0 aliphatic carbocycles. The van der Waals surface area contributed by atoms with E-state index in [1.807, 2.05) is 43.4 Å². The average Bonchev–Trinajstić information content (AvgIpc) is 2.97. The van der Waals surface area contributed by atoms with Gasteiger partial charge in [-0.25, -0.2) is 0 Å². The minimum Gasteiger partial charge on any atom is -0.384 e. The minimum absolute atomic E-state index is 0.1000. The molecule has 3 heteroatoms. The van der Waals surface area contributed by atoms with Crippen LogP contribution in [-0.4, -0.2) is 19.5 Å². The van der Waals surface area contributed by atoms with Gasteiger partial charge in [0.1, 0.15) is 0 Å². The number of likely N-dealkylation sites (N-methyl/N-ethyl adjacent to an activating group) is 1. The molecule has 1 unspecified atom stereocenters. The monoisotopic (exact) mass is 280 g/mol. The van der Waals surface area contributed by atoms with E-state index in [2.05, 4.69) is 24.4 Å². The molecule has 3 rings (SSSR count). The fourth-order valence-electron chi connectivity index (χ4n) is 2.82. The highest BCUT2D eigenvalue weighted by atomic mass is 16.2. The van der Waals surface area contributed by atoms with E-state index in [-0.39, 0.29) is 11.8 Å². The zero-order valence-corrected chi connectivity index (χ0v) is 12.5. The summed E-state index contributed by atoms with van der Waals surface area (Å²) in [6.45, 7) is 2.81. The van der Waals surface area contributed by atoms with E-state index in [0.29, 0.717) is 6.54 Å². The summed E-state index contributed by atoms with van der Waals surface area (Å²) in [5.41, 5.74) is 4.40. The van der Waals surface area contributed by atoms with Crippen LogP contribution in [-0.2, 0) is 11.2 Å².